The van der Waals surface area contributed by atoms with E-state index in [0.717, 1.165) is 10.5 Å². The number of rotatable bonds is 1. The first-order valence-electron chi connectivity index (χ1n) is 6.24. The van der Waals surface area contributed by atoms with Crippen molar-refractivity contribution in [3.05, 3.63) is 41.5 Å². The topological polar surface area (TPSA) is 23.5 Å². The molecule has 2 rings (SSSR count). The molecule has 0 bridgehead atoms. The summed E-state index contributed by atoms with van der Waals surface area (Å²) in [4.78, 5) is 2.71. The van der Waals surface area contributed by atoms with Crippen molar-refractivity contribution in [1.29, 1.82) is 0 Å². The summed E-state index contributed by atoms with van der Waals surface area (Å²) in [6.45, 7) is 6.60. The number of hydrogen-bond acceptors (Lipinski definition) is 3. The summed E-state index contributed by atoms with van der Waals surface area (Å²) in [5, 5.41) is 9.91. The molecule has 0 aliphatic carbocycles. The van der Waals surface area contributed by atoms with Gasteiger partial charge in [-0.3, -0.25) is 0 Å². The molecule has 1 aliphatic heterocycles. The van der Waals surface area contributed by atoms with Crippen LogP contribution in [0.2, 0.25) is 0 Å². The van der Waals surface area contributed by atoms with Gasteiger partial charge >= 0.3 is 0 Å². The van der Waals surface area contributed by atoms with Gasteiger partial charge in [0.1, 0.15) is 10.5 Å². The first kappa shape index (κ1) is 14.6. The molecular formula is C15H19NOS2. The van der Waals surface area contributed by atoms with Gasteiger partial charge in [-0.1, -0.05) is 69.0 Å². The zero-order valence-corrected chi connectivity index (χ0v) is 13.3. The van der Waals surface area contributed by atoms with Crippen molar-refractivity contribution in [1.82, 2.24) is 4.90 Å². The van der Waals surface area contributed by atoms with E-state index >= 15 is 0 Å². The molecular weight excluding hydrogens is 274 g/mol. The van der Waals surface area contributed by atoms with Crippen molar-refractivity contribution in [2.24, 2.45) is 0 Å². The molecule has 0 saturated carbocycles. The van der Waals surface area contributed by atoms with Gasteiger partial charge in [0.05, 0.1) is 0 Å². The first-order chi connectivity index (χ1) is 8.79. The number of nitrogens with zero attached hydrogens (tertiary/aromatic N) is 1. The van der Waals surface area contributed by atoms with Crippen molar-refractivity contribution in [3.8, 4) is 0 Å². The Kier molecular flexibility index (Phi) is 4.04. The Balaban J connectivity index is 2.29. The van der Waals surface area contributed by atoms with E-state index < -0.39 is 6.23 Å². The van der Waals surface area contributed by atoms with E-state index in [1.807, 2.05) is 6.08 Å². The number of benzene rings is 1. The summed E-state index contributed by atoms with van der Waals surface area (Å²) in [6.07, 6.45) is 1.21. The maximum Gasteiger partial charge on any atom is 0.148 e. The van der Waals surface area contributed by atoms with Gasteiger partial charge in [0.25, 0.3) is 0 Å². The fourth-order valence-corrected chi connectivity index (χ4v) is 3.11. The summed E-state index contributed by atoms with van der Waals surface area (Å²) < 4.78 is 0.699. The number of likely N-dealkylation sites (N-methyl/N-ethyl adjacent to an activating group) is 1. The van der Waals surface area contributed by atoms with E-state index in [9.17, 15) is 5.11 Å². The van der Waals surface area contributed by atoms with Gasteiger partial charge in [0.15, 0.2) is 0 Å². The largest absolute Gasteiger partial charge is 0.370 e. The first-order valence-corrected chi connectivity index (χ1v) is 7.47. The molecule has 102 valence electrons. The van der Waals surface area contributed by atoms with Crippen LogP contribution in [0.1, 0.15) is 31.9 Å². The van der Waals surface area contributed by atoms with Crippen LogP contribution in [0, 0.1) is 0 Å². The SMILES string of the molecule is CN1C(=S)SC(c2ccc(C(C)(C)C)cc2)=CC1O. The molecule has 1 N–H and O–H groups in total. The van der Waals surface area contributed by atoms with Crippen LogP contribution >= 0.6 is 24.0 Å². The molecule has 19 heavy (non-hydrogen) atoms. The highest BCUT2D eigenvalue weighted by Gasteiger charge is 2.22. The number of aliphatic hydroxyl groups excluding tert-OH is 1. The Labute approximate surface area is 124 Å². The zero-order valence-electron chi connectivity index (χ0n) is 11.7. The highest BCUT2D eigenvalue weighted by atomic mass is 32.2. The normalized spacial score (nSPS) is 20.5. The lowest BCUT2D eigenvalue weighted by molar-refractivity contribution is 0.119. The minimum Gasteiger partial charge on any atom is -0.370 e. The van der Waals surface area contributed by atoms with E-state index in [0.29, 0.717) is 4.32 Å². The van der Waals surface area contributed by atoms with Crippen molar-refractivity contribution in [2.75, 3.05) is 7.05 Å². The van der Waals surface area contributed by atoms with Gasteiger partial charge in [-0.15, -0.1) is 0 Å². The van der Waals surface area contributed by atoms with Gasteiger partial charge in [0, 0.05) is 12.0 Å². The Hall–Kier alpha value is -0.840. The molecule has 0 spiro atoms. The minimum atomic E-state index is -0.633. The fraction of sp³-hybridized carbons (Fsp3) is 0.400. The minimum absolute atomic E-state index is 0.154. The van der Waals surface area contributed by atoms with E-state index in [1.54, 1.807) is 11.9 Å². The average Bonchev–Trinajstić information content (AvgIpc) is 2.34. The molecule has 0 fully saturated rings. The van der Waals surface area contributed by atoms with Crippen molar-refractivity contribution < 1.29 is 5.11 Å². The van der Waals surface area contributed by atoms with E-state index in [4.69, 9.17) is 12.2 Å². The summed E-state index contributed by atoms with van der Waals surface area (Å²) >= 11 is 6.78. The van der Waals surface area contributed by atoms with Gasteiger partial charge in [0.2, 0.25) is 0 Å². The van der Waals surface area contributed by atoms with Crippen LogP contribution in [0.15, 0.2) is 30.3 Å². The fourth-order valence-electron chi connectivity index (χ4n) is 1.84. The van der Waals surface area contributed by atoms with Crippen LogP contribution in [0.25, 0.3) is 4.91 Å². The molecule has 1 atom stereocenters. The van der Waals surface area contributed by atoms with Crippen LogP contribution in [0.4, 0.5) is 0 Å². The molecule has 4 heteroatoms. The van der Waals surface area contributed by atoms with Crippen LogP contribution in [-0.2, 0) is 5.41 Å². The number of thioether (sulfide) groups is 1. The van der Waals surface area contributed by atoms with E-state index in [-0.39, 0.29) is 5.41 Å². The van der Waals surface area contributed by atoms with E-state index in [1.165, 1.54) is 17.3 Å². The lowest BCUT2D eigenvalue weighted by Gasteiger charge is -2.29. The standard InChI is InChI=1S/C15H19NOS2/c1-15(2,3)11-7-5-10(6-8-11)12-9-13(17)16(4)14(18)19-12/h5-9,13,17H,1-4H3. The predicted molar refractivity (Wildman–Crippen MR) is 87.1 cm³/mol. The van der Waals surface area contributed by atoms with Gasteiger partial charge < -0.3 is 10.0 Å². The lowest BCUT2D eigenvalue weighted by atomic mass is 9.87. The smallest absolute Gasteiger partial charge is 0.148 e. The van der Waals surface area contributed by atoms with Crippen LogP contribution in [-0.4, -0.2) is 27.6 Å². The predicted octanol–water partition coefficient (Wildman–Crippen LogP) is 3.61. The molecule has 0 radical (unpaired) electrons. The van der Waals surface area contributed by atoms with Crippen molar-refractivity contribution in [2.45, 2.75) is 32.4 Å². The maximum atomic E-state index is 9.91. The van der Waals surface area contributed by atoms with Crippen LogP contribution < -0.4 is 0 Å². The monoisotopic (exact) mass is 293 g/mol. The van der Waals surface area contributed by atoms with Crippen molar-refractivity contribution >= 4 is 33.2 Å². The second-order valence-electron chi connectivity index (χ2n) is 5.75. The summed E-state index contributed by atoms with van der Waals surface area (Å²) in [6, 6.07) is 8.48. The number of thiocarbonyl (C=S) groups is 1. The summed E-state index contributed by atoms with van der Waals surface area (Å²) in [5.41, 5.74) is 2.56. The Morgan fingerprint density at radius 1 is 1.21 bits per heavy atom. The highest BCUT2D eigenvalue weighted by Crippen LogP contribution is 2.35. The third-order valence-corrected chi connectivity index (χ3v) is 4.81. The Morgan fingerprint density at radius 2 is 1.79 bits per heavy atom. The van der Waals surface area contributed by atoms with Gasteiger partial charge in [-0.2, -0.15) is 0 Å². The summed E-state index contributed by atoms with van der Waals surface area (Å²) in [5.74, 6) is 0. The average molecular weight is 293 g/mol. The number of aliphatic hydroxyl groups is 1. The molecule has 1 aromatic carbocycles. The lowest BCUT2D eigenvalue weighted by Crippen LogP contribution is -2.35. The number of hydrogen-bond donors (Lipinski definition) is 1. The molecule has 1 unspecified atom stereocenters. The maximum absolute atomic E-state index is 9.91. The molecule has 2 nitrogen and oxygen atoms in total. The third kappa shape index (κ3) is 3.19. The third-order valence-electron chi connectivity index (χ3n) is 3.22. The second kappa shape index (κ2) is 5.27. The molecule has 0 aromatic heterocycles. The quantitative estimate of drug-likeness (QED) is 0.799. The molecule has 0 amide bonds. The highest BCUT2D eigenvalue weighted by molar-refractivity contribution is 8.29. The van der Waals surface area contributed by atoms with Gasteiger partial charge in [-0.05, 0) is 22.6 Å². The van der Waals surface area contributed by atoms with Gasteiger partial charge in [-0.25, -0.2) is 0 Å². The zero-order chi connectivity index (χ0) is 14.2. The second-order valence-corrected chi connectivity index (χ2v) is 7.43. The molecule has 1 aliphatic rings. The molecule has 1 heterocycles. The molecule has 0 saturated heterocycles. The summed E-state index contributed by atoms with van der Waals surface area (Å²) in [7, 11) is 1.80. The Morgan fingerprint density at radius 3 is 2.26 bits per heavy atom. The van der Waals surface area contributed by atoms with E-state index in [2.05, 4.69) is 45.0 Å². The molecule has 1 aromatic rings. The Bertz CT molecular complexity index is 514. The van der Waals surface area contributed by atoms with Crippen molar-refractivity contribution in [3.63, 3.8) is 0 Å². The van der Waals surface area contributed by atoms with Crippen LogP contribution in [0.3, 0.4) is 0 Å². The van der Waals surface area contributed by atoms with Crippen LogP contribution in [0.5, 0.6) is 0 Å².